The number of rotatable bonds is 1. The summed E-state index contributed by atoms with van der Waals surface area (Å²) in [6, 6.07) is 0. The second kappa shape index (κ2) is 1.64. The molecule has 2 unspecified atom stereocenters. The van der Waals surface area contributed by atoms with E-state index >= 15 is 0 Å². The summed E-state index contributed by atoms with van der Waals surface area (Å²) in [6.45, 7) is 7.85. The minimum Gasteiger partial charge on any atom is -0.244 e. The summed E-state index contributed by atoms with van der Waals surface area (Å²) in [5.74, 6) is 0.736. The molecule has 1 aliphatic rings. The molecule has 1 rings (SSSR count). The van der Waals surface area contributed by atoms with Gasteiger partial charge in [-0.1, -0.05) is 26.7 Å². The zero-order valence-electron chi connectivity index (χ0n) is 5.68. The van der Waals surface area contributed by atoms with E-state index < -0.39 is 0 Å². The molecule has 48 valence electrons. The Hall–Kier alpha value is 0.310. The maximum atomic E-state index is 4.23. The van der Waals surface area contributed by atoms with E-state index in [2.05, 4.69) is 37.9 Å². The number of hydrogen-bond donors (Lipinski definition) is 1. The first kappa shape index (κ1) is 6.43. The Labute approximate surface area is 56.6 Å². The number of nitrogens with zero attached hydrogens (tertiary/aromatic N) is 1. The molecule has 8 heavy (non-hydrogen) atoms. The highest BCUT2D eigenvalue weighted by Gasteiger charge is 2.47. The van der Waals surface area contributed by atoms with Gasteiger partial charge < -0.3 is 0 Å². The van der Waals surface area contributed by atoms with Crippen LogP contribution in [0.4, 0.5) is 0 Å². The highest BCUT2D eigenvalue weighted by molar-refractivity contribution is 7.78. The van der Waals surface area contributed by atoms with Gasteiger partial charge in [0.05, 0.1) is 0 Å². The van der Waals surface area contributed by atoms with Crippen LogP contribution in [0, 0.1) is 5.92 Å². The van der Waals surface area contributed by atoms with Gasteiger partial charge in [-0.15, -0.1) is 0 Å². The topological polar surface area (TPSA) is 3.01 Å². The molecule has 1 heterocycles. The van der Waals surface area contributed by atoms with Crippen molar-refractivity contribution in [3.63, 3.8) is 0 Å². The maximum absolute atomic E-state index is 4.23. The Morgan fingerprint density at radius 3 is 2.00 bits per heavy atom. The number of hydrogen-bond acceptors (Lipinski definition) is 2. The van der Waals surface area contributed by atoms with Crippen molar-refractivity contribution in [1.29, 1.82) is 0 Å². The molecule has 0 radical (unpaired) electrons. The first-order chi connectivity index (χ1) is 3.57. The van der Waals surface area contributed by atoms with E-state index in [0.717, 1.165) is 12.5 Å². The first-order valence-corrected chi connectivity index (χ1v) is 3.44. The average Bonchev–Trinajstić information content (AvgIpc) is 2.17. The molecule has 0 aromatic carbocycles. The standard InChI is InChI=1S/C6H13NS/c1-5(2)6(3)4-7(6)8/h5,8H,4H2,1-3H3. The quantitative estimate of drug-likeness (QED) is 0.417. The van der Waals surface area contributed by atoms with Crippen molar-refractivity contribution in [1.82, 2.24) is 4.31 Å². The smallest absolute Gasteiger partial charge is 0.0442 e. The van der Waals surface area contributed by atoms with Crippen molar-refractivity contribution in [2.45, 2.75) is 26.3 Å². The second-order valence-electron chi connectivity index (χ2n) is 3.07. The third-order valence-electron chi connectivity index (χ3n) is 2.20. The minimum atomic E-state index is 0.406. The lowest BCUT2D eigenvalue weighted by Crippen LogP contribution is -2.16. The predicted octanol–water partition coefficient (Wildman–Crippen LogP) is 1.56. The Morgan fingerprint density at radius 2 is 2.00 bits per heavy atom. The molecule has 0 aliphatic carbocycles. The maximum Gasteiger partial charge on any atom is 0.0442 e. The van der Waals surface area contributed by atoms with E-state index in [9.17, 15) is 0 Å². The Kier molecular flexibility index (Phi) is 1.32. The largest absolute Gasteiger partial charge is 0.244 e. The molecule has 2 heteroatoms. The monoisotopic (exact) mass is 131 g/mol. The molecule has 0 amide bonds. The summed E-state index contributed by atoms with van der Waals surface area (Å²) in [6.07, 6.45) is 0. The van der Waals surface area contributed by atoms with Gasteiger partial charge in [0.15, 0.2) is 0 Å². The molecule has 0 aromatic rings. The molecule has 0 bridgehead atoms. The SMILES string of the molecule is CC(C)C1(C)CN1S. The summed E-state index contributed by atoms with van der Waals surface area (Å²) >= 11 is 4.23. The Balaban J connectivity index is 2.47. The average molecular weight is 131 g/mol. The van der Waals surface area contributed by atoms with Gasteiger partial charge in [0.2, 0.25) is 0 Å². The van der Waals surface area contributed by atoms with E-state index in [1.807, 2.05) is 0 Å². The minimum absolute atomic E-state index is 0.406. The predicted molar refractivity (Wildman–Crippen MR) is 38.9 cm³/mol. The molecule has 2 atom stereocenters. The third-order valence-corrected chi connectivity index (χ3v) is 2.80. The van der Waals surface area contributed by atoms with Gasteiger partial charge in [0.25, 0.3) is 0 Å². The third kappa shape index (κ3) is 0.759. The van der Waals surface area contributed by atoms with Crippen molar-refractivity contribution >= 4 is 12.8 Å². The van der Waals surface area contributed by atoms with Gasteiger partial charge in [-0.3, -0.25) is 0 Å². The number of thiol groups is 1. The van der Waals surface area contributed by atoms with Crippen LogP contribution < -0.4 is 0 Å². The van der Waals surface area contributed by atoms with Crippen LogP contribution in [0.15, 0.2) is 0 Å². The van der Waals surface area contributed by atoms with E-state index in [1.54, 1.807) is 0 Å². The van der Waals surface area contributed by atoms with Crippen molar-refractivity contribution in [3.8, 4) is 0 Å². The Bertz CT molecular complexity index is 103. The van der Waals surface area contributed by atoms with Gasteiger partial charge in [0, 0.05) is 12.1 Å². The van der Waals surface area contributed by atoms with Gasteiger partial charge in [0.1, 0.15) is 0 Å². The lowest BCUT2D eigenvalue weighted by Gasteiger charge is -2.11. The molecule has 1 nitrogen and oxygen atoms in total. The van der Waals surface area contributed by atoms with Crippen molar-refractivity contribution in [2.24, 2.45) is 5.92 Å². The molecule has 1 fully saturated rings. The van der Waals surface area contributed by atoms with Gasteiger partial charge in [-0.25, -0.2) is 4.31 Å². The summed E-state index contributed by atoms with van der Waals surface area (Å²) in [5.41, 5.74) is 0.406. The van der Waals surface area contributed by atoms with Gasteiger partial charge in [-0.2, -0.15) is 0 Å². The van der Waals surface area contributed by atoms with Crippen LogP contribution in [0.3, 0.4) is 0 Å². The van der Waals surface area contributed by atoms with E-state index in [-0.39, 0.29) is 0 Å². The van der Waals surface area contributed by atoms with Crippen LogP contribution in [0.1, 0.15) is 20.8 Å². The molecule has 0 saturated carbocycles. The summed E-state index contributed by atoms with van der Waals surface area (Å²) < 4.78 is 2.08. The van der Waals surface area contributed by atoms with Crippen LogP contribution in [-0.4, -0.2) is 16.4 Å². The fourth-order valence-electron chi connectivity index (χ4n) is 0.748. The van der Waals surface area contributed by atoms with Gasteiger partial charge >= 0.3 is 0 Å². The van der Waals surface area contributed by atoms with Crippen LogP contribution in [0.25, 0.3) is 0 Å². The lowest BCUT2D eigenvalue weighted by atomic mass is 9.99. The molecule has 1 saturated heterocycles. The second-order valence-corrected chi connectivity index (χ2v) is 3.55. The molecule has 1 aliphatic heterocycles. The molecular weight excluding hydrogens is 118 g/mol. The van der Waals surface area contributed by atoms with Crippen molar-refractivity contribution in [3.05, 3.63) is 0 Å². The zero-order valence-corrected chi connectivity index (χ0v) is 6.57. The van der Waals surface area contributed by atoms with Crippen LogP contribution in [0.5, 0.6) is 0 Å². The summed E-state index contributed by atoms with van der Waals surface area (Å²) in [4.78, 5) is 0. The summed E-state index contributed by atoms with van der Waals surface area (Å²) in [7, 11) is 0. The fraction of sp³-hybridized carbons (Fsp3) is 1.00. The van der Waals surface area contributed by atoms with Crippen molar-refractivity contribution < 1.29 is 0 Å². The summed E-state index contributed by atoms with van der Waals surface area (Å²) in [5, 5.41) is 0. The Morgan fingerprint density at radius 1 is 1.62 bits per heavy atom. The highest BCUT2D eigenvalue weighted by Crippen LogP contribution is 2.39. The van der Waals surface area contributed by atoms with E-state index in [1.165, 1.54) is 0 Å². The lowest BCUT2D eigenvalue weighted by molar-refractivity contribution is 0.443. The van der Waals surface area contributed by atoms with Crippen LogP contribution in [0.2, 0.25) is 0 Å². The molecule has 0 aromatic heterocycles. The fourth-order valence-corrected chi connectivity index (χ4v) is 1.27. The van der Waals surface area contributed by atoms with Crippen LogP contribution >= 0.6 is 12.8 Å². The molecule has 0 N–H and O–H groups in total. The van der Waals surface area contributed by atoms with E-state index in [0.29, 0.717) is 5.54 Å². The van der Waals surface area contributed by atoms with E-state index in [4.69, 9.17) is 0 Å². The molecular formula is C6H13NS. The highest BCUT2D eigenvalue weighted by atomic mass is 32.1. The van der Waals surface area contributed by atoms with Gasteiger partial charge in [-0.05, 0) is 12.8 Å². The van der Waals surface area contributed by atoms with Crippen LogP contribution in [-0.2, 0) is 0 Å². The normalized spacial score (nSPS) is 45.4. The first-order valence-electron chi connectivity index (χ1n) is 3.04. The molecule has 0 spiro atoms. The van der Waals surface area contributed by atoms with Crippen molar-refractivity contribution in [2.75, 3.05) is 6.54 Å². The zero-order chi connectivity index (χ0) is 6.36.